The van der Waals surface area contributed by atoms with Gasteiger partial charge in [-0.1, -0.05) is 32.4 Å². The predicted molar refractivity (Wildman–Crippen MR) is 74.2 cm³/mol. The van der Waals surface area contributed by atoms with Gasteiger partial charge in [-0.2, -0.15) is 13.2 Å². The summed E-state index contributed by atoms with van der Waals surface area (Å²) in [6, 6.07) is 3.20. The molecule has 0 saturated carbocycles. The maximum Gasteiger partial charge on any atom is 0.416 e. The van der Waals surface area contributed by atoms with Crippen LogP contribution in [0.1, 0.15) is 31.4 Å². The summed E-state index contributed by atoms with van der Waals surface area (Å²) < 4.78 is 37.3. The van der Waals surface area contributed by atoms with Crippen molar-refractivity contribution >= 4 is 11.9 Å². The highest BCUT2D eigenvalue weighted by molar-refractivity contribution is 5.85. The lowest BCUT2D eigenvalue weighted by Crippen LogP contribution is -2.45. The van der Waals surface area contributed by atoms with E-state index in [0.29, 0.717) is 12.0 Å². The highest BCUT2D eigenvalue weighted by Crippen LogP contribution is 2.29. The summed E-state index contributed by atoms with van der Waals surface area (Å²) in [5.41, 5.74) is -0.404. The molecule has 2 N–H and O–H groups in total. The monoisotopic (exact) mass is 317 g/mol. The van der Waals surface area contributed by atoms with E-state index in [0.717, 1.165) is 12.1 Å². The van der Waals surface area contributed by atoms with Crippen LogP contribution in [0.4, 0.5) is 13.2 Å². The fourth-order valence-corrected chi connectivity index (χ4v) is 1.90. The van der Waals surface area contributed by atoms with Gasteiger partial charge in [-0.15, -0.1) is 0 Å². The van der Waals surface area contributed by atoms with Gasteiger partial charge in [0, 0.05) is 0 Å². The standard InChI is InChI=1S/C15H18F3NO3/c1-3-9(2)13(14(21)22)19-12(20)8-10-4-6-11(7-5-10)15(16,17)18/h4-7,9,13H,3,8H2,1-2H3,(H,19,20)(H,21,22)/t9-,13-/m0/s1. The molecule has 1 aromatic rings. The molecule has 0 aliphatic rings. The molecule has 0 aliphatic carbocycles. The first-order chi connectivity index (χ1) is 10.1. The van der Waals surface area contributed by atoms with Crippen molar-refractivity contribution in [2.45, 2.75) is 38.9 Å². The zero-order valence-corrected chi connectivity index (χ0v) is 12.3. The minimum atomic E-state index is -4.42. The topological polar surface area (TPSA) is 66.4 Å². The molecule has 122 valence electrons. The van der Waals surface area contributed by atoms with Crippen LogP contribution in [0.25, 0.3) is 0 Å². The van der Waals surface area contributed by atoms with Crippen LogP contribution < -0.4 is 5.32 Å². The van der Waals surface area contributed by atoms with Crippen LogP contribution >= 0.6 is 0 Å². The molecule has 0 unspecified atom stereocenters. The van der Waals surface area contributed by atoms with Gasteiger partial charge in [0.05, 0.1) is 12.0 Å². The molecule has 1 rings (SSSR count). The van der Waals surface area contributed by atoms with Crippen molar-refractivity contribution in [1.82, 2.24) is 5.32 Å². The molecule has 2 atom stereocenters. The second-order valence-corrected chi connectivity index (χ2v) is 5.14. The number of alkyl halides is 3. The molecule has 0 spiro atoms. The van der Waals surface area contributed by atoms with Gasteiger partial charge in [0.15, 0.2) is 0 Å². The summed E-state index contributed by atoms with van der Waals surface area (Å²) in [4.78, 5) is 22.9. The minimum Gasteiger partial charge on any atom is -0.480 e. The highest BCUT2D eigenvalue weighted by Gasteiger charge is 2.30. The molecule has 0 aromatic heterocycles. The fourth-order valence-electron chi connectivity index (χ4n) is 1.90. The third-order valence-corrected chi connectivity index (χ3v) is 3.44. The average Bonchev–Trinajstić information content (AvgIpc) is 2.43. The summed E-state index contributed by atoms with van der Waals surface area (Å²) in [5, 5.41) is 11.5. The van der Waals surface area contributed by atoms with Crippen molar-refractivity contribution in [3.63, 3.8) is 0 Å². The minimum absolute atomic E-state index is 0.168. The smallest absolute Gasteiger partial charge is 0.416 e. The first kappa shape index (κ1) is 18.0. The highest BCUT2D eigenvalue weighted by atomic mass is 19.4. The molecule has 0 fully saturated rings. The molecular formula is C15H18F3NO3. The number of rotatable bonds is 6. The van der Waals surface area contributed by atoms with E-state index >= 15 is 0 Å². The number of hydrogen-bond acceptors (Lipinski definition) is 2. The Morgan fingerprint density at radius 2 is 1.77 bits per heavy atom. The van der Waals surface area contributed by atoms with Crippen molar-refractivity contribution in [2.24, 2.45) is 5.92 Å². The van der Waals surface area contributed by atoms with Crippen LogP contribution in [0.5, 0.6) is 0 Å². The van der Waals surface area contributed by atoms with Crippen molar-refractivity contribution < 1.29 is 27.9 Å². The summed E-state index contributed by atoms with van der Waals surface area (Å²) in [7, 11) is 0. The summed E-state index contributed by atoms with van der Waals surface area (Å²) in [6.07, 6.45) is -4.01. The van der Waals surface area contributed by atoms with E-state index in [1.807, 2.05) is 6.92 Å². The van der Waals surface area contributed by atoms with Crippen molar-refractivity contribution in [1.29, 1.82) is 0 Å². The van der Waals surface area contributed by atoms with Gasteiger partial charge in [-0.3, -0.25) is 4.79 Å². The Morgan fingerprint density at radius 3 is 2.18 bits per heavy atom. The van der Waals surface area contributed by atoms with E-state index in [1.54, 1.807) is 6.92 Å². The lowest BCUT2D eigenvalue weighted by atomic mass is 9.99. The first-order valence-electron chi connectivity index (χ1n) is 6.83. The third-order valence-electron chi connectivity index (χ3n) is 3.44. The predicted octanol–water partition coefficient (Wildman–Crippen LogP) is 2.86. The Kier molecular flexibility index (Phi) is 5.96. The SMILES string of the molecule is CC[C@H](C)[C@H](NC(=O)Cc1ccc(C(F)(F)F)cc1)C(=O)O. The number of carbonyl (C=O) groups excluding carboxylic acids is 1. The zero-order valence-electron chi connectivity index (χ0n) is 12.3. The lowest BCUT2D eigenvalue weighted by molar-refractivity contribution is -0.143. The summed E-state index contributed by atoms with van der Waals surface area (Å²) in [5.74, 6) is -1.91. The van der Waals surface area contributed by atoms with Crippen LogP contribution in [0.2, 0.25) is 0 Å². The van der Waals surface area contributed by atoms with Gasteiger partial charge in [0.25, 0.3) is 0 Å². The average molecular weight is 317 g/mol. The fraction of sp³-hybridized carbons (Fsp3) is 0.467. The van der Waals surface area contributed by atoms with Crippen LogP contribution in [0.3, 0.4) is 0 Å². The summed E-state index contributed by atoms with van der Waals surface area (Å²) >= 11 is 0. The molecule has 0 saturated heterocycles. The van der Waals surface area contributed by atoms with Crippen LogP contribution in [0.15, 0.2) is 24.3 Å². The van der Waals surface area contributed by atoms with Crippen LogP contribution in [0, 0.1) is 5.92 Å². The maximum absolute atomic E-state index is 12.4. The Hall–Kier alpha value is -2.05. The van der Waals surface area contributed by atoms with Gasteiger partial charge in [-0.25, -0.2) is 4.79 Å². The number of carbonyl (C=O) groups is 2. The molecule has 1 aromatic carbocycles. The Morgan fingerprint density at radius 1 is 1.23 bits per heavy atom. The van der Waals surface area contributed by atoms with E-state index in [-0.39, 0.29) is 12.3 Å². The Bertz CT molecular complexity index is 526. The quantitative estimate of drug-likeness (QED) is 0.848. The van der Waals surface area contributed by atoms with E-state index in [1.165, 1.54) is 12.1 Å². The molecule has 7 heteroatoms. The zero-order chi connectivity index (χ0) is 16.9. The lowest BCUT2D eigenvalue weighted by Gasteiger charge is -2.20. The van der Waals surface area contributed by atoms with Crippen molar-refractivity contribution in [3.8, 4) is 0 Å². The number of halogens is 3. The number of amides is 1. The van der Waals surface area contributed by atoms with E-state index in [4.69, 9.17) is 5.11 Å². The van der Waals surface area contributed by atoms with Crippen LogP contribution in [-0.4, -0.2) is 23.0 Å². The van der Waals surface area contributed by atoms with Gasteiger partial charge >= 0.3 is 12.1 Å². The molecule has 0 aliphatic heterocycles. The van der Waals surface area contributed by atoms with Gasteiger partial charge in [0.2, 0.25) is 5.91 Å². The number of carboxylic acid groups (broad SMARTS) is 1. The molecular weight excluding hydrogens is 299 g/mol. The van der Waals surface area contributed by atoms with Gasteiger partial charge < -0.3 is 10.4 Å². The number of aliphatic carboxylic acids is 1. The number of hydrogen-bond donors (Lipinski definition) is 2. The second-order valence-electron chi connectivity index (χ2n) is 5.14. The van der Waals surface area contributed by atoms with Gasteiger partial charge in [0.1, 0.15) is 6.04 Å². The van der Waals surface area contributed by atoms with Crippen molar-refractivity contribution in [2.75, 3.05) is 0 Å². The van der Waals surface area contributed by atoms with E-state index < -0.39 is 29.7 Å². The molecule has 22 heavy (non-hydrogen) atoms. The molecule has 4 nitrogen and oxygen atoms in total. The number of carboxylic acids is 1. The van der Waals surface area contributed by atoms with E-state index in [9.17, 15) is 22.8 Å². The molecule has 0 bridgehead atoms. The summed E-state index contributed by atoms with van der Waals surface area (Å²) in [6.45, 7) is 3.51. The molecule has 1 amide bonds. The van der Waals surface area contributed by atoms with E-state index in [2.05, 4.69) is 5.32 Å². The Labute approximate surface area is 126 Å². The Balaban J connectivity index is 2.70. The van der Waals surface area contributed by atoms with Gasteiger partial charge in [-0.05, 0) is 23.6 Å². The van der Waals surface area contributed by atoms with Crippen molar-refractivity contribution in [3.05, 3.63) is 35.4 Å². The molecule has 0 radical (unpaired) electrons. The van der Waals surface area contributed by atoms with Crippen LogP contribution in [-0.2, 0) is 22.2 Å². The normalized spacial score (nSPS) is 14.2. The maximum atomic E-state index is 12.4. The number of nitrogens with one attached hydrogen (secondary N) is 1. The number of benzene rings is 1. The third kappa shape index (κ3) is 5.05. The largest absolute Gasteiger partial charge is 0.480 e. The second kappa shape index (κ2) is 7.29. The molecule has 0 heterocycles. The first-order valence-corrected chi connectivity index (χ1v) is 6.83.